The highest BCUT2D eigenvalue weighted by atomic mass is 33.1. The third kappa shape index (κ3) is 8.13. The van der Waals surface area contributed by atoms with Gasteiger partial charge in [0.1, 0.15) is 12.1 Å². The highest BCUT2D eigenvalue weighted by Crippen LogP contribution is 2.46. The summed E-state index contributed by atoms with van der Waals surface area (Å²) in [6.45, 7) is 1.20. The Morgan fingerprint density at radius 2 is 1.87 bits per heavy atom. The summed E-state index contributed by atoms with van der Waals surface area (Å²) < 4.78 is 5.12. The lowest BCUT2D eigenvalue weighted by molar-refractivity contribution is -0.216. The molecule has 10 nitrogen and oxygen atoms in total. The number of thiol groups is 1. The summed E-state index contributed by atoms with van der Waals surface area (Å²) in [4.78, 5) is 56.8. The third-order valence-corrected chi connectivity index (χ3v) is 5.70. The Morgan fingerprint density at radius 3 is 2.37 bits per heavy atom. The predicted octanol–water partition coefficient (Wildman–Crippen LogP) is 0.817. The maximum Gasteiger partial charge on any atom is 0.377 e. The lowest BCUT2D eigenvalue weighted by atomic mass is 10.1. The average molecular weight is 463 g/mol. The Bertz CT molecular complexity index is 810. The van der Waals surface area contributed by atoms with Crippen molar-refractivity contribution in [3.63, 3.8) is 0 Å². The van der Waals surface area contributed by atoms with Crippen molar-refractivity contribution in [2.75, 3.05) is 19.6 Å². The van der Waals surface area contributed by atoms with E-state index in [1.807, 2.05) is 0 Å². The third-order valence-electron chi connectivity index (χ3n) is 3.80. The summed E-state index contributed by atoms with van der Waals surface area (Å²) in [6.07, 6.45) is 2.98. The first kappa shape index (κ1) is 25.6. The number of carboxylic acids is 1. The lowest BCUT2D eigenvalue weighted by Crippen LogP contribution is -2.42. The van der Waals surface area contributed by atoms with E-state index in [1.165, 1.54) is 26.2 Å². The second kappa shape index (κ2) is 11.1. The van der Waals surface area contributed by atoms with E-state index in [1.54, 1.807) is 18.6 Å². The summed E-state index contributed by atoms with van der Waals surface area (Å²) >= 11 is 4.24. The molecule has 1 aromatic rings. The van der Waals surface area contributed by atoms with E-state index in [4.69, 9.17) is 25.4 Å². The fourth-order valence-electron chi connectivity index (χ4n) is 2.21. The number of benzene rings is 1. The maximum atomic E-state index is 12.4. The van der Waals surface area contributed by atoms with Gasteiger partial charge in [-0.25, -0.2) is 9.68 Å². The number of rotatable bonds is 10. The second-order valence-electron chi connectivity index (χ2n) is 6.72. The Hall–Kier alpha value is -2.44. The van der Waals surface area contributed by atoms with Gasteiger partial charge in [0, 0.05) is 13.3 Å². The van der Waals surface area contributed by atoms with Gasteiger partial charge in [-0.1, -0.05) is 6.07 Å². The minimum Gasteiger partial charge on any atom is -0.493 e. The molecule has 1 aromatic carbocycles. The SMILES string of the molecule is COc1ccc(CC(N)C(=O)O)cc1OOC(=O)C(CC(=O)S(C)(C)S)NC(C)=O. The number of nitrogens with one attached hydrogen (secondary N) is 1. The minimum atomic E-state index is -1.89. The normalized spacial score (nSPS) is 13.5. The van der Waals surface area contributed by atoms with Crippen LogP contribution in [0.5, 0.6) is 11.5 Å². The zero-order valence-electron chi connectivity index (χ0n) is 17.0. The van der Waals surface area contributed by atoms with Crippen LogP contribution in [0.15, 0.2) is 18.2 Å². The molecule has 1 rings (SSSR count). The molecule has 2 atom stereocenters. The average Bonchev–Trinajstić information content (AvgIpc) is 2.64. The van der Waals surface area contributed by atoms with Crippen LogP contribution in [0.25, 0.3) is 0 Å². The summed E-state index contributed by atoms with van der Waals surface area (Å²) in [5.41, 5.74) is 6.03. The molecule has 0 bridgehead atoms. The number of hydrogen-bond acceptors (Lipinski definition) is 9. The predicted molar refractivity (Wildman–Crippen MR) is 115 cm³/mol. The Labute approximate surface area is 180 Å². The molecule has 0 heterocycles. The molecule has 0 aliphatic heterocycles. The van der Waals surface area contributed by atoms with Gasteiger partial charge < -0.3 is 20.9 Å². The number of amides is 1. The monoisotopic (exact) mass is 462 g/mol. The smallest absolute Gasteiger partial charge is 0.377 e. The molecule has 0 aliphatic carbocycles. The van der Waals surface area contributed by atoms with Crippen LogP contribution in [0.4, 0.5) is 0 Å². The molecule has 0 fully saturated rings. The van der Waals surface area contributed by atoms with E-state index in [9.17, 15) is 19.2 Å². The van der Waals surface area contributed by atoms with E-state index >= 15 is 0 Å². The highest BCUT2D eigenvalue weighted by Gasteiger charge is 2.30. The summed E-state index contributed by atoms with van der Waals surface area (Å²) in [5.74, 6) is -2.49. The number of nitrogens with two attached hydrogens (primary N) is 1. The van der Waals surface area contributed by atoms with Crippen molar-refractivity contribution < 1.29 is 38.8 Å². The molecule has 0 saturated carbocycles. The van der Waals surface area contributed by atoms with Gasteiger partial charge in [-0.15, -0.1) is 20.7 Å². The summed E-state index contributed by atoms with van der Waals surface area (Å²) in [5, 5.41) is 11.0. The van der Waals surface area contributed by atoms with Crippen molar-refractivity contribution in [3.8, 4) is 11.5 Å². The van der Waals surface area contributed by atoms with Crippen LogP contribution >= 0.6 is 20.7 Å². The Morgan fingerprint density at radius 1 is 1.23 bits per heavy atom. The fraction of sp³-hybridized carbons (Fsp3) is 0.444. The van der Waals surface area contributed by atoms with Gasteiger partial charge in [0.2, 0.25) is 11.7 Å². The van der Waals surface area contributed by atoms with E-state index in [0.29, 0.717) is 5.56 Å². The van der Waals surface area contributed by atoms with Gasteiger partial charge >= 0.3 is 11.9 Å². The van der Waals surface area contributed by atoms with Crippen molar-refractivity contribution in [3.05, 3.63) is 23.8 Å². The standard InChI is InChI=1S/C18H26N2O8S2/c1-10(21)20-13(9-16(22)30(3,4)29)18(25)28-27-15-8-11(5-6-14(15)26-2)7-12(19)17(23)24/h5-6,8,12-13,29H,7,9,19H2,1-4H3,(H,20,21)(H,23,24). The number of hydrogen-bond donors (Lipinski definition) is 4. The van der Waals surface area contributed by atoms with Crippen LogP contribution in [0.3, 0.4) is 0 Å². The van der Waals surface area contributed by atoms with Crippen LogP contribution in [0.1, 0.15) is 18.9 Å². The number of carbonyl (C=O) groups is 4. The van der Waals surface area contributed by atoms with Crippen LogP contribution in [0.2, 0.25) is 0 Å². The van der Waals surface area contributed by atoms with Crippen molar-refractivity contribution in [1.29, 1.82) is 0 Å². The Balaban J connectivity index is 2.94. The van der Waals surface area contributed by atoms with Gasteiger partial charge in [0.05, 0.1) is 7.11 Å². The molecule has 168 valence electrons. The van der Waals surface area contributed by atoms with Crippen molar-refractivity contribution in [2.24, 2.45) is 5.73 Å². The first-order valence-corrected chi connectivity index (χ1v) is 12.1. The zero-order chi connectivity index (χ0) is 23.1. The molecule has 0 spiro atoms. The maximum absolute atomic E-state index is 12.4. The van der Waals surface area contributed by atoms with Gasteiger partial charge in [0.15, 0.2) is 10.9 Å². The van der Waals surface area contributed by atoms with Crippen molar-refractivity contribution in [2.45, 2.75) is 31.8 Å². The molecule has 0 aromatic heterocycles. The number of carboxylic acid groups (broad SMARTS) is 1. The first-order valence-electron chi connectivity index (χ1n) is 8.64. The number of aliphatic carboxylic acids is 1. The molecule has 4 N–H and O–H groups in total. The molecule has 30 heavy (non-hydrogen) atoms. The van der Waals surface area contributed by atoms with Crippen molar-refractivity contribution in [1.82, 2.24) is 5.32 Å². The minimum absolute atomic E-state index is 0.00556. The van der Waals surface area contributed by atoms with E-state index in [2.05, 4.69) is 17.0 Å². The molecule has 0 aliphatic rings. The molecular formula is C18H26N2O8S2. The number of carbonyl (C=O) groups excluding carboxylic acids is 3. The van der Waals surface area contributed by atoms with Crippen LogP contribution in [-0.2, 0) is 30.5 Å². The van der Waals surface area contributed by atoms with Gasteiger partial charge in [-0.05, 0) is 36.6 Å². The number of methoxy groups -OCH3 is 1. The van der Waals surface area contributed by atoms with Gasteiger partial charge in [-0.2, -0.15) is 0 Å². The van der Waals surface area contributed by atoms with Gasteiger partial charge in [0.25, 0.3) is 0 Å². The molecule has 1 amide bonds. The van der Waals surface area contributed by atoms with Crippen LogP contribution in [0, 0.1) is 0 Å². The van der Waals surface area contributed by atoms with Gasteiger partial charge in [-0.3, -0.25) is 19.3 Å². The lowest BCUT2D eigenvalue weighted by Gasteiger charge is -2.24. The van der Waals surface area contributed by atoms with Crippen molar-refractivity contribution >= 4 is 43.7 Å². The largest absolute Gasteiger partial charge is 0.493 e. The fourth-order valence-corrected chi connectivity index (χ4v) is 3.01. The number of ether oxygens (including phenoxy) is 1. The van der Waals surface area contributed by atoms with E-state index < -0.39 is 39.0 Å². The van der Waals surface area contributed by atoms with Crippen LogP contribution < -0.4 is 20.7 Å². The summed E-state index contributed by atoms with van der Waals surface area (Å²) in [6, 6.07) is 2.11. The topological polar surface area (TPSA) is 154 Å². The second-order valence-corrected chi connectivity index (χ2v) is 12.5. The quantitative estimate of drug-likeness (QED) is 0.171. The highest BCUT2D eigenvalue weighted by molar-refractivity contribution is 8.93. The molecular weight excluding hydrogens is 436 g/mol. The van der Waals surface area contributed by atoms with Crippen LogP contribution in [-0.4, -0.2) is 59.8 Å². The molecule has 2 unspecified atom stereocenters. The van der Waals surface area contributed by atoms with E-state index in [-0.39, 0.29) is 29.5 Å². The van der Waals surface area contributed by atoms with E-state index in [0.717, 1.165) is 0 Å². The first-order chi connectivity index (χ1) is 13.8. The summed E-state index contributed by atoms with van der Waals surface area (Å²) in [7, 11) is -0.529. The molecule has 12 heteroatoms. The molecule has 0 radical (unpaired) electrons. The Kier molecular flexibility index (Phi) is 9.46. The molecule has 0 saturated heterocycles. The zero-order valence-corrected chi connectivity index (χ0v) is 18.7.